The van der Waals surface area contributed by atoms with Gasteiger partial charge in [-0.2, -0.15) is 0 Å². The van der Waals surface area contributed by atoms with E-state index in [1.807, 2.05) is 78.9 Å². The SMILES string of the molecule is F/C(=C\Cc1cccc(Oc2ccccc2)c1)C(c1ccc(Cl)cc1)C1CC1. The van der Waals surface area contributed by atoms with Gasteiger partial charge in [0.25, 0.3) is 0 Å². The third-order valence-electron chi connectivity index (χ3n) is 5.03. The first-order chi connectivity index (χ1) is 13.7. The molecule has 1 aliphatic rings. The van der Waals surface area contributed by atoms with E-state index in [2.05, 4.69) is 0 Å². The highest BCUT2D eigenvalue weighted by Gasteiger charge is 2.35. The Kier molecular flexibility index (Phi) is 5.78. The molecule has 0 bridgehead atoms. The van der Waals surface area contributed by atoms with Crippen LogP contribution in [0.25, 0.3) is 0 Å². The molecular weight excluding hydrogens is 371 g/mol. The number of benzene rings is 3. The van der Waals surface area contributed by atoms with E-state index in [9.17, 15) is 0 Å². The lowest BCUT2D eigenvalue weighted by atomic mass is 9.92. The summed E-state index contributed by atoms with van der Waals surface area (Å²) >= 11 is 5.98. The average molecular weight is 393 g/mol. The minimum absolute atomic E-state index is 0.0563. The lowest BCUT2D eigenvalue weighted by molar-refractivity contribution is 0.482. The van der Waals surface area contributed by atoms with Crippen LogP contribution in [0.5, 0.6) is 11.5 Å². The van der Waals surface area contributed by atoms with E-state index in [4.69, 9.17) is 16.3 Å². The molecule has 1 aliphatic carbocycles. The van der Waals surface area contributed by atoms with Crippen molar-refractivity contribution in [1.29, 1.82) is 0 Å². The summed E-state index contributed by atoms with van der Waals surface area (Å²) < 4.78 is 20.9. The molecule has 1 atom stereocenters. The molecule has 1 nitrogen and oxygen atoms in total. The highest BCUT2D eigenvalue weighted by atomic mass is 35.5. The minimum atomic E-state index is -0.166. The van der Waals surface area contributed by atoms with Gasteiger partial charge in [-0.05, 0) is 78.8 Å². The monoisotopic (exact) mass is 392 g/mol. The second kappa shape index (κ2) is 8.62. The Morgan fingerprint density at radius 3 is 2.39 bits per heavy atom. The molecule has 1 saturated carbocycles. The van der Waals surface area contributed by atoms with Gasteiger partial charge in [0.15, 0.2) is 0 Å². The molecule has 0 amide bonds. The van der Waals surface area contributed by atoms with Crippen LogP contribution in [0.1, 0.15) is 29.9 Å². The molecule has 0 heterocycles. The largest absolute Gasteiger partial charge is 0.457 e. The summed E-state index contributed by atoms with van der Waals surface area (Å²) in [6.07, 6.45) is 4.40. The van der Waals surface area contributed by atoms with Crippen molar-refractivity contribution in [3.63, 3.8) is 0 Å². The smallest absolute Gasteiger partial charge is 0.127 e. The van der Waals surface area contributed by atoms with Crippen LogP contribution < -0.4 is 4.74 Å². The highest BCUT2D eigenvalue weighted by Crippen LogP contribution is 2.47. The molecule has 3 aromatic carbocycles. The fraction of sp³-hybridized carbons (Fsp3) is 0.200. The molecule has 142 valence electrons. The van der Waals surface area contributed by atoms with Gasteiger partial charge < -0.3 is 4.74 Å². The Hall–Kier alpha value is -2.58. The normalized spacial score (nSPS) is 15.3. The predicted octanol–water partition coefficient (Wildman–Crippen LogP) is 7.72. The van der Waals surface area contributed by atoms with Crippen molar-refractivity contribution >= 4 is 11.6 Å². The summed E-state index contributed by atoms with van der Waals surface area (Å²) in [5, 5.41) is 0.679. The van der Waals surface area contributed by atoms with Crippen LogP contribution in [0.2, 0.25) is 5.02 Å². The topological polar surface area (TPSA) is 9.23 Å². The quantitative estimate of drug-likeness (QED) is 0.399. The molecule has 4 rings (SSSR count). The van der Waals surface area contributed by atoms with E-state index < -0.39 is 0 Å². The Bertz CT molecular complexity index is 946. The number of hydrogen-bond donors (Lipinski definition) is 0. The van der Waals surface area contributed by atoms with Gasteiger partial charge >= 0.3 is 0 Å². The number of ether oxygens (including phenoxy) is 1. The summed E-state index contributed by atoms with van der Waals surface area (Å²) in [6.45, 7) is 0. The number of allylic oxidation sites excluding steroid dienone is 2. The number of para-hydroxylation sites is 1. The number of hydrogen-bond acceptors (Lipinski definition) is 1. The molecular formula is C25H22ClFO. The highest BCUT2D eigenvalue weighted by molar-refractivity contribution is 6.30. The second-order valence-corrected chi connectivity index (χ2v) is 7.66. The third-order valence-corrected chi connectivity index (χ3v) is 5.28. The minimum Gasteiger partial charge on any atom is -0.457 e. The molecule has 0 saturated heterocycles. The van der Waals surface area contributed by atoms with Crippen LogP contribution in [0.4, 0.5) is 4.39 Å². The lowest BCUT2D eigenvalue weighted by Gasteiger charge is -2.15. The molecule has 0 radical (unpaired) electrons. The van der Waals surface area contributed by atoms with E-state index in [0.29, 0.717) is 17.4 Å². The number of halogens is 2. The molecule has 1 fully saturated rings. The van der Waals surface area contributed by atoms with Crippen molar-refractivity contribution < 1.29 is 9.13 Å². The van der Waals surface area contributed by atoms with E-state index in [1.54, 1.807) is 6.08 Å². The van der Waals surface area contributed by atoms with Gasteiger partial charge in [-0.25, -0.2) is 4.39 Å². The van der Waals surface area contributed by atoms with Crippen LogP contribution >= 0.6 is 11.6 Å². The van der Waals surface area contributed by atoms with Crippen LogP contribution in [0, 0.1) is 5.92 Å². The number of rotatable bonds is 7. The Balaban J connectivity index is 1.48. The van der Waals surface area contributed by atoms with Crippen molar-refractivity contribution in [1.82, 2.24) is 0 Å². The Morgan fingerprint density at radius 2 is 1.68 bits per heavy atom. The van der Waals surface area contributed by atoms with Crippen molar-refractivity contribution in [3.8, 4) is 11.5 Å². The zero-order valence-corrected chi connectivity index (χ0v) is 16.3. The fourth-order valence-corrected chi connectivity index (χ4v) is 3.59. The predicted molar refractivity (Wildman–Crippen MR) is 113 cm³/mol. The lowest BCUT2D eigenvalue weighted by Crippen LogP contribution is -2.02. The van der Waals surface area contributed by atoms with E-state index >= 15 is 4.39 Å². The van der Waals surface area contributed by atoms with Crippen molar-refractivity contribution in [2.24, 2.45) is 5.92 Å². The molecule has 3 heteroatoms. The summed E-state index contributed by atoms with van der Waals surface area (Å²) in [4.78, 5) is 0. The summed E-state index contributed by atoms with van der Waals surface area (Å²) in [6, 6.07) is 25.0. The van der Waals surface area contributed by atoms with Crippen LogP contribution in [0.3, 0.4) is 0 Å². The van der Waals surface area contributed by atoms with Gasteiger partial charge in [-0.15, -0.1) is 0 Å². The molecule has 28 heavy (non-hydrogen) atoms. The van der Waals surface area contributed by atoms with Crippen molar-refractivity contribution in [2.45, 2.75) is 25.2 Å². The molecule has 1 unspecified atom stereocenters. The Morgan fingerprint density at radius 1 is 0.964 bits per heavy atom. The zero-order chi connectivity index (χ0) is 19.3. The Labute approximate surface area is 170 Å². The average Bonchev–Trinajstić information content (AvgIpc) is 3.54. The van der Waals surface area contributed by atoms with Crippen molar-refractivity contribution in [3.05, 3.63) is 107 Å². The fourth-order valence-electron chi connectivity index (χ4n) is 3.46. The first kappa shape index (κ1) is 18.8. The molecule has 3 aromatic rings. The first-order valence-electron chi connectivity index (χ1n) is 9.62. The summed E-state index contributed by atoms with van der Waals surface area (Å²) in [5.74, 6) is 1.72. The summed E-state index contributed by atoms with van der Waals surface area (Å²) in [5.41, 5.74) is 2.02. The maximum absolute atomic E-state index is 15.1. The van der Waals surface area contributed by atoms with Crippen molar-refractivity contribution in [2.75, 3.05) is 0 Å². The first-order valence-corrected chi connectivity index (χ1v) is 10.00. The van der Waals surface area contributed by atoms with Gasteiger partial charge in [0, 0.05) is 10.9 Å². The van der Waals surface area contributed by atoms with Gasteiger partial charge in [0.05, 0.1) is 0 Å². The maximum Gasteiger partial charge on any atom is 0.127 e. The molecule has 0 N–H and O–H groups in total. The van der Waals surface area contributed by atoms with E-state index in [1.165, 1.54) is 0 Å². The summed E-state index contributed by atoms with van der Waals surface area (Å²) in [7, 11) is 0. The molecule has 0 aromatic heterocycles. The third kappa shape index (κ3) is 4.82. The maximum atomic E-state index is 15.1. The standard InChI is InChI=1S/C25H22ClFO/c26-21-14-12-20(13-15-21)25(19-10-11-19)24(27)16-9-18-5-4-8-23(17-18)28-22-6-2-1-3-7-22/h1-8,12-17,19,25H,9-11H2/b24-16-. The van der Waals surface area contributed by atoms with Gasteiger partial charge in [-0.1, -0.05) is 54.1 Å². The molecule has 0 aliphatic heterocycles. The van der Waals surface area contributed by atoms with Gasteiger partial charge in [-0.3, -0.25) is 0 Å². The van der Waals surface area contributed by atoms with Crippen LogP contribution in [-0.4, -0.2) is 0 Å². The second-order valence-electron chi connectivity index (χ2n) is 7.22. The van der Waals surface area contributed by atoms with Crippen LogP contribution in [-0.2, 0) is 6.42 Å². The van der Waals surface area contributed by atoms with Crippen LogP contribution in [0.15, 0.2) is 90.8 Å². The molecule has 0 spiro atoms. The van der Waals surface area contributed by atoms with Gasteiger partial charge in [0.1, 0.15) is 17.3 Å². The van der Waals surface area contributed by atoms with E-state index in [0.717, 1.165) is 35.5 Å². The zero-order valence-electron chi connectivity index (χ0n) is 15.5. The van der Waals surface area contributed by atoms with Gasteiger partial charge in [0.2, 0.25) is 0 Å². The van der Waals surface area contributed by atoms with E-state index in [-0.39, 0.29) is 11.7 Å².